The molecule has 0 aliphatic carbocycles. The summed E-state index contributed by atoms with van der Waals surface area (Å²) in [6, 6.07) is 4.78. The molecule has 0 spiro atoms. The topological polar surface area (TPSA) is 99.0 Å². The molecule has 2 rings (SSSR count). The minimum Gasteiger partial charge on any atom is -0.495 e. The molecule has 1 N–H and O–H groups in total. The number of rotatable bonds is 5. The highest BCUT2D eigenvalue weighted by atomic mass is 32.2. The van der Waals surface area contributed by atoms with E-state index in [9.17, 15) is 8.42 Å². The first-order valence-electron chi connectivity index (χ1n) is 5.91. The van der Waals surface area contributed by atoms with E-state index < -0.39 is 10.0 Å². The third-order valence-corrected chi connectivity index (χ3v) is 4.25. The number of ether oxygens (including phenoxy) is 1. The van der Waals surface area contributed by atoms with Crippen LogP contribution in [0.5, 0.6) is 5.75 Å². The van der Waals surface area contributed by atoms with E-state index in [1.165, 1.54) is 20.2 Å². The van der Waals surface area contributed by atoms with Crippen LogP contribution in [0.4, 0.5) is 0 Å². The van der Waals surface area contributed by atoms with E-state index in [1.807, 2.05) is 6.92 Å². The fourth-order valence-corrected chi connectivity index (χ4v) is 2.68. The van der Waals surface area contributed by atoms with Gasteiger partial charge in [0.15, 0.2) is 5.82 Å². The molecule has 1 heterocycles. The van der Waals surface area contributed by atoms with E-state index in [2.05, 4.69) is 20.2 Å². The van der Waals surface area contributed by atoms with Gasteiger partial charge in [-0.25, -0.2) is 17.8 Å². The molecule has 0 saturated heterocycles. The van der Waals surface area contributed by atoms with E-state index in [1.54, 1.807) is 16.8 Å². The number of methoxy groups -OCH3 is 1. The zero-order valence-electron chi connectivity index (χ0n) is 11.4. The average Bonchev–Trinajstić information content (AvgIpc) is 2.95. The van der Waals surface area contributed by atoms with Crippen LogP contribution < -0.4 is 9.46 Å². The van der Waals surface area contributed by atoms with Crippen LogP contribution >= 0.6 is 0 Å². The standard InChI is InChI=1S/C11H15N5O3S/c1-4-16-11(13-14-15-16)8-5-6-9(19-3)10(7-8)20(17,18)12-2/h5-7,12H,4H2,1-3H3. The Morgan fingerprint density at radius 1 is 1.40 bits per heavy atom. The second kappa shape index (κ2) is 5.55. The van der Waals surface area contributed by atoms with Gasteiger partial charge in [-0.3, -0.25) is 0 Å². The summed E-state index contributed by atoms with van der Waals surface area (Å²) in [5.74, 6) is 0.765. The lowest BCUT2D eigenvalue weighted by Gasteiger charge is -2.10. The Morgan fingerprint density at radius 2 is 2.15 bits per heavy atom. The second-order valence-corrected chi connectivity index (χ2v) is 5.75. The Kier molecular flexibility index (Phi) is 4.00. The van der Waals surface area contributed by atoms with Gasteiger partial charge in [-0.15, -0.1) is 5.10 Å². The molecule has 0 aliphatic rings. The molecule has 0 unspecified atom stereocenters. The highest BCUT2D eigenvalue weighted by Gasteiger charge is 2.20. The molecule has 0 aliphatic heterocycles. The van der Waals surface area contributed by atoms with E-state index >= 15 is 0 Å². The Balaban J connectivity index is 2.62. The van der Waals surface area contributed by atoms with E-state index in [0.29, 0.717) is 17.9 Å². The van der Waals surface area contributed by atoms with Gasteiger partial charge in [-0.1, -0.05) is 0 Å². The minimum atomic E-state index is -3.63. The molecule has 1 aromatic carbocycles. The number of aryl methyl sites for hydroxylation is 1. The SMILES string of the molecule is CCn1nnnc1-c1ccc(OC)c(S(=O)(=O)NC)c1. The summed E-state index contributed by atoms with van der Waals surface area (Å²) >= 11 is 0. The Bertz CT molecular complexity index is 711. The molecule has 0 saturated carbocycles. The lowest BCUT2D eigenvalue weighted by molar-refractivity contribution is 0.402. The molecule has 0 bridgehead atoms. The van der Waals surface area contributed by atoms with Crippen molar-refractivity contribution in [3.63, 3.8) is 0 Å². The van der Waals surface area contributed by atoms with E-state index in [4.69, 9.17) is 4.74 Å². The van der Waals surface area contributed by atoms with E-state index in [-0.39, 0.29) is 10.6 Å². The lowest BCUT2D eigenvalue weighted by atomic mass is 10.2. The van der Waals surface area contributed by atoms with Gasteiger partial charge in [0.05, 0.1) is 7.11 Å². The molecule has 0 fully saturated rings. The van der Waals surface area contributed by atoms with Gasteiger partial charge in [-0.2, -0.15) is 0 Å². The zero-order chi connectivity index (χ0) is 14.8. The smallest absolute Gasteiger partial charge is 0.244 e. The molecule has 0 amide bonds. The van der Waals surface area contributed by atoms with Crippen molar-refractivity contribution in [3.05, 3.63) is 18.2 Å². The Labute approximate surface area is 116 Å². The van der Waals surface area contributed by atoms with Gasteiger partial charge in [-0.05, 0) is 42.6 Å². The summed E-state index contributed by atoms with van der Waals surface area (Å²) in [7, 11) is -0.866. The number of tetrazole rings is 1. The second-order valence-electron chi connectivity index (χ2n) is 3.89. The summed E-state index contributed by atoms with van der Waals surface area (Å²) < 4.78 is 32.9. The number of nitrogens with zero attached hydrogens (tertiary/aromatic N) is 4. The summed E-state index contributed by atoms with van der Waals surface area (Å²) in [4.78, 5) is 0.0469. The third-order valence-electron chi connectivity index (χ3n) is 2.81. The first-order valence-corrected chi connectivity index (χ1v) is 7.40. The molecule has 8 nitrogen and oxygen atoms in total. The van der Waals surface area contributed by atoms with Crippen LogP contribution in [-0.4, -0.2) is 42.8 Å². The highest BCUT2D eigenvalue weighted by Crippen LogP contribution is 2.28. The number of hydrogen-bond acceptors (Lipinski definition) is 6. The molecule has 0 atom stereocenters. The third kappa shape index (κ3) is 2.49. The van der Waals surface area contributed by atoms with Crippen molar-refractivity contribution in [1.82, 2.24) is 24.9 Å². The number of hydrogen-bond donors (Lipinski definition) is 1. The van der Waals surface area contributed by atoms with Gasteiger partial charge in [0.2, 0.25) is 10.0 Å². The van der Waals surface area contributed by atoms with Crippen molar-refractivity contribution in [3.8, 4) is 17.1 Å². The van der Waals surface area contributed by atoms with Crippen molar-refractivity contribution < 1.29 is 13.2 Å². The van der Waals surface area contributed by atoms with Crippen LogP contribution in [0.3, 0.4) is 0 Å². The van der Waals surface area contributed by atoms with Crippen molar-refractivity contribution in [2.24, 2.45) is 0 Å². The van der Waals surface area contributed by atoms with Crippen molar-refractivity contribution in [2.45, 2.75) is 18.4 Å². The molecule has 1 aromatic heterocycles. The molecule has 9 heteroatoms. The van der Waals surface area contributed by atoms with Crippen LogP contribution in [0.15, 0.2) is 23.1 Å². The number of sulfonamides is 1. The first kappa shape index (κ1) is 14.4. The normalized spacial score (nSPS) is 11.6. The Hall–Kier alpha value is -2.00. The maximum absolute atomic E-state index is 12.0. The predicted molar refractivity (Wildman–Crippen MR) is 71.7 cm³/mol. The summed E-state index contributed by atoms with van der Waals surface area (Å²) in [6.45, 7) is 2.48. The van der Waals surface area contributed by atoms with Gasteiger partial charge >= 0.3 is 0 Å². The average molecular weight is 297 g/mol. The maximum atomic E-state index is 12.0. The van der Waals surface area contributed by atoms with Crippen molar-refractivity contribution in [2.75, 3.05) is 14.2 Å². The van der Waals surface area contributed by atoms with Crippen LogP contribution in [-0.2, 0) is 16.6 Å². The molecule has 2 aromatic rings. The maximum Gasteiger partial charge on any atom is 0.244 e. The number of benzene rings is 1. The van der Waals surface area contributed by atoms with Crippen LogP contribution in [0.1, 0.15) is 6.92 Å². The molecular formula is C11H15N5O3S. The predicted octanol–water partition coefficient (Wildman–Crippen LogP) is 0.277. The summed E-state index contributed by atoms with van der Waals surface area (Å²) in [5, 5.41) is 11.3. The Morgan fingerprint density at radius 3 is 2.75 bits per heavy atom. The number of nitrogens with one attached hydrogen (secondary N) is 1. The van der Waals surface area contributed by atoms with Crippen molar-refractivity contribution >= 4 is 10.0 Å². The minimum absolute atomic E-state index is 0.0469. The first-order chi connectivity index (χ1) is 9.53. The monoisotopic (exact) mass is 297 g/mol. The quantitative estimate of drug-likeness (QED) is 0.851. The van der Waals surface area contributed by atoms with Crippen LogP contribution in [0.25, 0.3) is 11.4 Å². The molecule has 20 heavy (non-hydrogen) atoms. The van der Waals surface area contributed by atoms with Crippen LogP contribution in [0.2, 0.25) is 0 Å². The summed E-state index contributed by atoms with van der Waals surface area (Å²) in [5.41, 5.74) is 0.603. The van der Waals surface area contributed by atoms with Gasteiger partial charge in [0, 0.05) is 12.1 Å². The molecular weight excluding hydrogens is 282 g/mol. The van der Waals surface area contributed by atoms with Gasteiger partial charge in [0.25, 0.3) is 0 Å². The summed E-state index contributed by atoms with van der Waals surface area (Å²) in [6.07, 6.45) is 0. The van der Waals surface area contributed by atoms with Gasteiger partial charge < -0.3 is 4.74 Å². The molecule has 0 radical (unpaired) electrons. The number of aromatic nitrogens is 4. The van der Waals surface area contributed by atoms with Gasteiger partial charge in [0.1, 0.15) is 10.6 Å². The lowest BCUT2D eigenvalue weighted by Crippen LogP contribution is -2.19. The highest BCUT2D eigenvalue weighted by molar-refractivity contribution is 7.89. The zero-order valence-corrected chi connectivity index (χ0v) is 12.2. The largest absolute Gasteiger partial charge is 0.495 e. The van der Waals surface area contributed by atoms with Crippen LogP contribution in [0, 0.1) is 0 Å². The molecule has 108 valence electrons. The van der Waals surface area contributed by atoms with Crippen molar-refractivity contribution in [1.29, 1.82) is 0 Å². The fraction of sp³-hybridized carbons (Fsp3) is 0.364. The fourth-order valence-electron chi connectivity index (χ4n) is 1.76. The van der Waals surface area contributed by atoms with E-state index in [0.717, 1.165) is 0 Å².